The Morgan fingerprint density at radius 1 is 0.893 bits per heavy atom. The molecule has 0 unspecified atom stereocenters. The van der Waals surface area contributed by atoms with Gasteiger partial charge in [0.05, 0.1) is 10.6 Å². The number of aromatic nitrogens is 2. The lowest BCUT2D eigenvalue weighted by atomic mass is 10.2. The largest absolute Gasteiger partial charge is 0.355 e. The summed E-state index contributed by atoms with van der Waals surface area (Å²) in [5, 5.41) is 4.31. The normalized spacial score (nSPS) is 15.6. The first-order valence-electron chi connectivity index (χ1n) is 9.56. The third kappa shape index (κ3) is 3.72. The van der Waals surface area contributed by atoms with E-state index >= 15 is 0 Å². The van der Waals surface area contributed by atoms with Crippen molar-refractivity contribution >= 4 is 32.4 Å². The minimum Gasteiger partial charge on any atom is -0.355 e. The number of aryl methyl sites for hydroxylation is 2. The smallest absolute Gasteiger partial charge is 0.243 e. The Labute approximate surface area is 165 Å². The Bertz CT molecular complexity index is 1100. The summed E-state index contributed by atoms with van der Waals surface area (Å²) in [5.41, 5.74) is 4.22. The number of sulfonamides is 1. The summed E-state index contributed by atoms with van der Waals surface area (Å²) in [4.78, 5) is 9.34. The van der Waals surface area contributed by atoms with Crippen molar-refractivity contribution in [3.8, 4) is 0 Å². The molecule has 28 heavy (non-hydrogen) atoms. The SMILES string of the molecule is Cc1ccc2c(Nc3ccc(S(=O)(=O)N4CCCCC4)cc3)cc(C)nc2n1. The van der Waals surface area contributed by atoms with Gasteiger partial charge in [-0.3, -0.25) is 0 Å². The molecule has 0 spiro atoms. The van der Waals surface area contributed by atoms with Crippen molar-refractivity contribution in [2.24, 2.45) is 0 Å². The highest BCUT2D eigenvalue weighted by molar-refractivity contribution is 7.89. The van der Waals surface area contributed by atoms with E-state index in [1.807, 2.05) is 32.0 Å². The summed E-state index contributed by atoms with van der Waals surface area (Å²) in [6.07, 6.45) is 2.96. The Kier molecular flexibility index (Phi) is 5.03. The molecule has 0 radical (unpaired) electrons. The topological polar surface area (TPSA) is 75.2 Å². The molecule has 4 rings (SSSR count). The van der Waals surface area contributed by atoms with Crippen molar-refractivity contribution in [3.05, 3.63) is 53.9 Å². The minimum atomic E-state index is -3.41. The zero-order valence-corrected chi connectivity index (χ0v) is 17.0. The maximum Gasteiger partial charge on any atom is 0.243 e. The highest BCUT2D eigenvalue weighted by Crippen LogP contribution is 2.27. The van der Waals surface area contributed by atoms with Gasteiger partial charge in [-0.1, -0.05) is 6.42 Å². The van der Waals surface area contributed by atoms with Gasteiger partial charge in [0.2, 0.25) is 10.0 Å². The van der Waals surface area contributed by atoms with Crippen LogP contribution in [-0.4, -0.2) is 35.8 Å². The highest BCUT2D eigenvalue weighted by atomic mass is 32.2. The molecular weight excluding hydrogens is 372 g/mol. The molecule has 0 atom stereocenters. The van der Waals surface area contributed by atoms with Crippen molar-refractivity contribution in [2.75, 3.05) is 18.4 Å². The average molecular weight is 397 g/mol. The first kappa shape index (κ1) is 18.8. The van der Waals surface area contributed by atoms with E-state index in [0.29, 0.717) is 23.6 Å². The number of hydrogen-bond acceptors (Lipinski definition) is 5. The molecule has 146 valence electrons. The van der Waals surface area contributed by atoms with Crippen LogP contribution >= 0.6 is 0 Å². The zero-order chi connectivity index (χ0) is 19.7. The molecule has 1 saturated heterocycles. The van der Waals surface area contributed by atoms with Crippen LogP contribution in [-0.2, 0) is 10.0 Å². The first-order chi connectivity index (χ1) is 13.4. The monoisotopic (exact) mass is 396 g/mol. The van der Waals surface area contributed by atoms with E-state index < -0.39 is 10.0 Å². The van der Waals surface area contributed by atoms with E-state index in [9.17, 15) is 8.42 Å². The van der Waals surface area contributed by atoms with E-state index in [4.69, 9.17) is 0 Å². The summed E-state index contributed by atoms with van der Waals surface area (Å²) in [6.45, 7) is 5.09. The van der Waals surface area contributed by atoms with E-state index in [1.165, 1.54) is 0 Å². The lowest BCUT2D eigenvalue weighted by molar-refractivity contribution is 0.346. The molecule has 2 aromatic heterocycles. The molecule has 3 aromatic rings. The second-order valence-electron chi connectivity index (χ2n) is 7.25. The number of benzene rings is 1. The molecule has 1 N–H and O–H groups in total. The van der Waals surface area contributed by atoms with Crippen LogP contribution in [0, 0.1) is 13.8 Å². The zero-order valence-electron chi connectivity index (χ0n) is 16.1. The van der Waals surface area contributed by atoms with Crippen molar-refractivity contribution < 1.29 is 8.42 Å². The number of rotatable bonds is 4. The van der Waals surface area contributed by atoms with E-state index in [2.05, 4.69) is 15.3 Å². The predicted molar refractivity (Wildman–Crippen MR) is 111 cm³/mol. The highest BCUT2D eigenvalue weighted by Gasteiger charge is 2.25. The van der Waals surface area contributed by atoms with Crippen LogP contribution in [0.15, 0.2) is 47.4 Å². The van der Waals surface area contributed by atoms with Gasteiger partial charge in [0, 0.05) is 35.6 Å². The predicted octanol–water partition coefficient (Wildman–Crippen LogP) is 4.16. The fraction of sp³-hybridized carbons (Fsp3) is 0.333. The number of piperidine rings is 1. The maximum atomic E-state index is 12.8. The first-order valence-corrected chi connectivity index (χ1v) is 11.0. The van der Waals surface area contributed by atoms with Crippen LogP contribution < -0.4 is 5.32 Å². The number of hydrogen-bond donors (Lipinski definition) is 1. The van der Waals surface area contributed by atoms with Gasteiger partial charge in [-0.05, 0) is 69.2 Å². The van der Waals surface area contributed by atoms with Crippen LogP contribution in [0.4, 0.5) is 11.4 Å². The van der Waals surface area contributed by atoms with Crippen LogP contribution in [0.1, 0.15) is 30.7 Å². The summed E-state index contributed by atoms with van der Waals surface area (Å²) in [6, 6.07) is 12.9. The van der Waals surface area contributed by atoms with Crippen molar-refractivity contribution in [3.63, 3.8) is 0 Å². The third-order valence-electron chi connectivity index (χ3n) is 5.03. The summed E-state index contributed by atoms with van der Waals surface area (Å²) < 4.78 is 27.2. The molecule has 0 saturated carbocycles. The Balaban J connectivity index is 1.61. The van der Waals surface area contributed by atoms with E-state index in [1.54, 1.807) is 28.6 Å². The van der Waals surface area contributed by atoms with Gasteiger partial charge in [-0.25, -0.2) is 18.4 Å². The number of nitrogens with zero attached hydrogens (tertiary/aromatic N) is 3. The fourth-order valence-corrected chi connectivity index (χ4v) is 5.06. The summed E-state index contributed by atoms with van der Waals surface area (Å²) in [5.74, 6) is 0. The lowest BCUT2D eigenvalue weighted by Crippen LogP contribution is -2.35. The number of nitrogens with one attached hydrogen (secondary N) is 1. The van der Waals surface area contributed by atoms with Crippen molar-refractivity contribution in [1.29, 1.82) is 0 Å². The summed E-state index contributed by atoms with van der Waals surface area (Å²) >= 11 is 0. The van der Waals surface area contributed by atoms with Crippen molar-refractivity contribution in [2.45, 2.75) is 38.0 Å². The van der Waals surface area contributed by atoms with Gasteiger partial charge in [-0.2, -0.15) is 4.31 Å². The number of pyridine rings is 2. The van der Waals surface area contributed by atoms with Crippen LogP contribution in [0.5, 0.6) is 0 Å². The molecular formula is C21H24N4O2S. The van der Waals surface area contributed by atoms with Crippen LogP contribution in [0.2, 0.25) is 0 Å². The Hall–Kier alpha value is -2.51. The molecule has 0 bridgehead atoms. The fourth-order valence-electron chi connectivity index (χ4n) is 3.55. The molecule has 1 aromatic carbocycles. The molecule has 0 aliphatic carbocycles. The van der Waals surface area contributed by atoms with Gasteiger partial charge in [0.25, 0.3) is 0 Å². The number of anilines is 2. The molecule has 1 aliphatic heterocycles. The second kappa shape index (κ2) is 7.48. The molecule has 1 aliphatic rings. The van der Waals surface area contributed by atoms with Gasteiger partial charge < -0.3 is 5.32 Å². The molecule has 3 heterocycles. The molecule has 0 amide bonds. The Morgan fingerprint density at radius 3 is 2.29 bits per heavy atom. The minimum absolute atomic E-state index is 0.341. The standard InChI is InChI=1S/C21H24N4O2S/c1-15-6-11-19-20(14-16(2)23-21(19)22-15)24-17-7-9-18(10-8-17)28(26,27)25-12-4-3-5-13-25/h6-11,14H,3-5,12-13H2,1-2H3,(H,22,23,24). The molecule has 7 heteroatoms. The van der Waals surface area contributed by atoms with E-state index in [-0.39, 0.29) is 0 Å². The lowest BCUT2D eigenvalue weighted by Gasteiger charge is -2.25. The van der Waals surface area contributed by atoms with Crippen LogP contribution in [0.3, 0.4) is 0 Å². The summed E-state index contributed by atoms with van der Waals surface area (Å²) in [7, 11) is -3.41. The third-order valence-corrected chi connectivity index (χ3v) is 6.94. The molecule has 6 nitrogen and oxygen atoms in total. The van der Waals surface area contributed by atoms with Gasteiger partial charge in [0.1, 0.15) is 0 Å². The maximum absolute atomic E-state index is 12.8. The number of fused-ring (bicyclic) bond motifs is 1. The van der Waals surface area contributed by atoms with Gasteiger partial charge in [0.15, 0.2) is 5.65 Å². The molecule has 1 fully saturated rings. The van der Waals surface area contributed by atoms with Crippen LogP contribution in [0.25, 0.3) is 11.0 Å². The Morgan fingerprint density at radius 2 is 1.57 bits per heavy atom. The van der Waals surface area contributed by atoms with Gasteiger partial charge in [-0.15, -0.1) is 0 Å². The average Bonchev–Trinajstić information content (AvgIpc) is 2.68. The van der Waals surface area contributed by atoms with Crippen molar-refractivity contribution in [1.82, 2.24) is 14.3 Å². The second-order valence-corrected chi connectivity index (χ2v) is 9.19. The van der Waals surface area contributed by atoms with Gasteiger partial charge >= 0.3 is 0 Å². The quantitative estimate of drug-likeness (QED) is 0.716. The van der Waals surface area contributed by atoms with E-state index in [0.717, 1.165) is 47.4 Å².